The predicted molar refractivity (Wildman–Crippen MR) is 99.0 cm³/mol. The van der Waals surface area contributed by atoms with Crippen LogP contribution in [0.3, 0.4) is 0 Å². The quantitative estimate of drug-likeness (QED) is 0.847. The number of carbonyl (C=O) groups is 1. The molecule has 1 atom stereocenters. The molecule has 0 spiro atoms. The van der Waals surface area contributed by atoms with Crippen LogP contribution < -0.4 is 9.64 Å². The predicted octanol–water partition coefficient (Wildman–Crippen LogP) is 2.38. The molecule has 6 heteroatoms. The number of nitriles is 1. The van der Waals surface area contributed by atoms with E-state index in [9.17, 15) is 10.1 Å². The lowest BCUT2D eigenvalue weighted by Gasteiger charge is -2.36. The normalized spacial score (nSPS) is 15.3. The molecule has 134 valence electrons. The van der Waals surface area contributed by atoms with Crippen LogP contribution in [-0.4, -0.2) is 48.1 Å². The van der Waals surface area contributed by atoms with Crippen LogP contribution >= 0.6 is 0 Å². The molecule has 6 nitrogen and oxygen atoms in total. The van der Waals surface area contributed by atoms with Gasteiger partial charge in [-0.15, -0.1) is 0 Å². The fourth-order valence-corrected chi connectivity index (χ4v) is 3.08. The van der Waals surface area contributed by atoms with Crippen molar-refractivity contribution in [3.8, 4) is 11.8 Å². The van der Waals surface area contributed by atoms with Gasteiger partial charge in [0.1, 0.15) is 17.6 Å². The number of aromatic nitrogens is 1. The molecule has 0 N–H and O–H groups in total. The first-order chi connectivity index (χ1) is 12.6. The molecule has 3 rings (SSSR count). The van der Waals surface area contributed by atoms with Crippen molar-refractivity contribution in [3.63, 3.8) is 0 Å². The zero-order valence-electron chi connectivity index (χ0n) is 15.1. The Balaban J connectivity index is 1.59. The second-order valence-corrected chi connectivity index (χ2v) is 6.38. The van der Waals surface area contributed by atoms with E-state index in [2.05, 4.69) is 16.0 Å². The van der Waals surface area contributed by atoms with Gasteiger partial charge in [-0.2, -0.15) is 5.26 Å². The highest BCUT2D eigenvalue weighted by atomic mass is 16.5. The topological polar surface area (TPSA) is 69.5 Å². The van der Waals surface area contributed by atoms with Crippen molar-refractivity contribution in [1.29, 1.82) is 5.26 Å². The summed E-state index contributed by atoms with van der Waals surface area (Å²) in [5.41, 5.74) is 1.66. The number of rotatable bonds is 4. The Bertz CT molecular complexity index is 823. The molecule has 1 aromatic heterocycles. The fraction of sp³-hybridized carbons (Fsp3) is 0.350. The zero-order chi connectivity index (χ0) is 18.5. The second kappa shape index (κ2) is 7.87. The number of benzene rings is 1. The van der Waals surface area contributed by atoms with Crippen LogP contribution in [0.1, 0.15) is 18.1 Å². The summed E-state index contributed by atoms with van der Waals surface area (Å²) < 4.78 is 5.80. The zero-order valence-corrected chi connectivity index (χ0v) is 15.1. The average Bonchev–Trinajstić information content (AvgIpc) is 2.67. The van der Waals surface area contributed by atoms with Crippen molar-refractivity contribution in [2.45, 2.75) is 20.0 Å². The molecule has 2 heterocycles. The molecule has 2 aromatic rings. The number of anilines is 1. The van der Waals surface area contributed by atoms with Gasteiger partial charge in [0.05, 0.1) is 5.56 Å². The Morgan fingerprint density at radius 2 is 2.00 bits per heavy atom. The van der Waals surface area contributed by atoms with Gasteiger partial charge in [-0.1, -0.05) is 12.1 Å². The highest BCUT2D eigenvalue weighted by Gasteiger charge is 2.27. The van der Waals surface area contributed by atoms with Gasteiger partial charge in [0, 0.05) is 32.4 Å². The second-order valence-electron chi connectivity index (χ2n) is 6.38. The summed E-state index contributed by atoms with van der Waals surface area (Å²) in [6.07, 6.45) is 1.15. The van der Waals surface area contributed by atoms with E-state index < -0.39 is 6.10 Å². The van der Waals surface area contributed by atoms with Crippen molar-refractivity contribution in [3.05, 3.63) is 53.7 Å². The Morgan fingerprint density at radius 1 is 1.23 bits per heavy atom. The van der Waals surface area contributed by atoms with E-state index in [4.69, 9.17) is 4.74 Å². The van der Waals surface area contributed by atoms with Crippen LogP contribution in [0.4, 0.5) is 5.82 Å². The number of hydrogen-bond acceptors (Lipinski definition) is 5. The van der Waals surface area contributed by atoms with Crippen LogP contribution in [0.15, 0.2) is 42.6 Å². The number of piperazine rings is 1. The van der Waals surface area contributed by atoms with E-state index in [1.807, 2.05) is 36.1 Å². The summed E-state index contributed by atoms with van der Waals surface area (Å²) in [4.78, 5) is 20.8. The van der Waals surface area contributed by atoms with Gasteiger partial charge >= 0.3 is 0 Å². The summed E-state index contributed by atoms with van der Waals surface area (Å²) in [6.45, 7) is 6.24. The van der Waals surface area contributed by atoms with E-state index in [0.717, 1.165) is 5.56 Å². The molecular formula is C20H22N4O2. The van der Waals surface area contributed by atoms with E-state index >= 15 is 0 Å². The summed E-state index contributed by atoms with van der Waals surface area (Å²) in [5.74, 6) is 1.37. The SMILES string of the molecule is Cc1cccc(OC(C)C(=O)N2CCN(c3ncccc3C#N)CC2)c1. The molecule has 1 aromatic carbocycles. The van der Waals surface area contributed by atoms with Crippen molar-refractivity contribution < 1.29 is 9.53 Å². The van der Waals surface area contributed by atoms with Gasteiger partial charge in [0.2, 0.25) is 0 Å². The molecule has 1 saturated heterocycles. The smallest absolute Gasteiger partial charge is 0.263 e. The third kappa shape index (κ3) is 3.94. The summed E-state index contributed by atoms with van der Waals surface area (Å²) in [7, 11) is 0. The van der Waals surface area contributed by atoms with Crippen molar-refractivity contribution >= 4 is 11.7 Å². The van der Waals surface area contributed by atoms with E-state index in [0.29, 0.717) is 43.3 Å². The van der Waals surface area contributed by atoms with E-state index in [1.165, 1.54) is 0 Å². The lowest BCUT2D eigenvalue weighted by molar-refractivity contribution is -0.138. The number of hydrogen-bond donors (Lipinski definition) is 0. The molecule has 1 aliphatic heterocycles. The number of pyridine rings is 1. The van der Waals surface area contributed by atoms with Crippen molar-refractivity contribution in [1.82, 2.24) is 9.88 Å². The third-order valence-corrected chi connectivity index (χ3v) is 4.45. The van der Waals surface area contributed by atoms with Crippen molar-refractivity contribution in [2.24, 2.45) is 0 Å². The molecule has 1 amide bonds. The van der Waals surface area contributed by atoms with Gasteiger partial charge in [0.25, 0.3) is 5.91 Å². The van der Waals surface area contributed by atoms with Crippen molar-refractivity contribution in [2.75, 3.05) is 31.1 Å². The molecular weight excluding hydrogens is 328 g/mol. The van der Waals surface area contributed by atoms with E-state index in [-0.39, 0.29) is 5.91 Å². The summed E-state index contributed by atoms with van der Waals surface area (Å²) in [6, 6.07) is 13.4. The molecule has 26 heavy (non-hydrogen) atoms. The number of carbonyl (C=O) groups excluding carboxylic acids is 1. The van der Waals surface area contributed by atoms with Gasteiger partial charge in [-0.3, -0.25) is 4.79 Å². The third-order valence-electron chi connectivity index (χ3n) is 4.45. The van der Waals surface area contributed by atoms with Gasteiger partial charge in [0.15, 0.2) is 6.10 Å². The summed E-state index contributed by atoms with van der Waals surface area (Å²) in [5, 5.41) is 9.22. The number of nitrogens with zero attached hydrogens (tertiary/aromatic N) is 4. The fourth-order valence-electron chi connectivity index (χ4n) is 3.08. The lowest BCUT2D eigenvalue weighted by atomic mass is 10.2. The maximum Gasteiger partial charge on any atom is 0.263 e. The number of amides is 1. The molecule has 0 aliphatic carbocycles. The minimum Gasteiger partial charge on any atom is -0.481 e. The first-order valence-electron chi connectivity index (χ1n) is 8.70. The van der Waals surface area contributed by atoms with Gasteiger partial charge in [-0.05, 0) is 43.7 Å². The molecule has 0 radical (unpaired) electrons. The van der Waals surface area contributed by atoms with Gasteiger partial charge in [-0.25, -0.2) is 4.98 Å². The average molecular weight is 350 g/mol. The monoisotopic (exact) mass is 350 g/mol. The van der Waals surface area contributed by atoms with Crippen LogP contribution in [0, 0.1) is 18.3 Å². The Morgan fingerprint density at radius 3 is 2.69 bits per heavy atom. The highest BCUT2D eigenvalue weighted by molar-refractivity contribution is 5.81. The molecule has 1 unspecified atom stereocenters. The largest absolute Gasteiger partial charge is 0.481 e. The maximum atomic E-state index is 12.7. The standard InChI is InChI=1S/C20H22N4O2/c1-15-5-3-7-18(13-15)26-16(2)20(25)24-11-9-23(10-12-24)19-17(14-21)6-4-8-22-19/h3-8,13,16H,9-12H2,1-2H3. The lowest BCUT2D eigenvalue weighted by Crippen LogP contribution is -2.52. The van der Waals surface area contributed by atoms with Crippen LogP contribution in [-0.2, 0) is 4.79 Å². The van der Waals surface area contributed by atoms with E-state index in [1.54, 1.807) is 25.3 Å². The first kappa shape index (κ1) is 17.7. The van der Waals surface area contributed by atoms with Crippen LogP contribution in [0.5, 0.6) is 5.75 Å². The molecule has 0 bridgehead atoms. The minimum absolute atomic E-state index is 0.0207. The number of aryl methyl sites for hydroxylation is 1. The number of ether oxygens (including phenoxy) is 1. The Kier molecular flexibility index (Phi) is 5.37. The molecule has 1 fully saturated rings. The maximum absolute atomic E-state index is 12.7. The van der Waals surface area contributed by atoms with Crippen LogP contribution in [0.25, 0.3) is 0 Å². The summed E-state index contributed by atoms with van der Waals surface area (Å²) >= 11 is 0. The molecule has 0 saturated carbocycles. The highest BCUT2D eigenvalue weighted by Crippen LogP contribution is 2.19. The molecule has 1 aliphatic rings. The van der Waals surface area contributed by atoms with Gasteiger partial charge < -0.3 is 14.5 Å². The van der Waals surface area contributed by atoms with Crippen LogP contribution in [0.2, 0.25) is 0 Å². The minimum atomic E-state index is -0.534. The Hall–Kier alpha value is -3.07. The Labute approximate surface area is 153 Å². The first-order valence-corrected chi connectivity index (χ1v) is 8.70.